The normalized spacial score (nSPS) is 11.3. The predicted molar refractivity (Wildman–Crippen MR) is 74.4 cm³/mol. The molecule has 1 heterocycles. The maximum atomic E-state index is 13.1. The Morgan fingerprint density at radius 1 is 1.17 bits per heavy atom. The van der Waals surface area contributed by atoms with Gasteiger partial charge in [0.2, 0.25) is 5.88 Å². The number of alkyl halides is 3. The highest BCUT2D eigenvalue weighted by Gasteiger charge is 2.38. The predicted octanol–water partition coefficient (Wildman–Crippen LogP) is 2.82. The van der Waals surface area contributed by atoms with Crippen molar-refractivity contribution in [1.82, 2.24) is 4.98 Å². The van der Waals surface area contributed by atoms with Gasteiger partial charge in [-0.15, -0.1) is 0 Å². The second-order valence-corrected chi connectivity index (χ2v) is 4.87. The van der Waals surface area contributed by atoms with Crippen LogP contribution in [0.2, 0.25) is 0 Å². The molecule has 0 unspecified atom stereocenters. The second kappa shape index (κ2) is 8.59. The minimum absolute atomic E-state index is 0.0898. The van der Waals surface area contributed by atoms with Gasteiger partial charge in [-0.3, -0.25) is 0 Å². The smallest absolute Gasteiger partial charge is 0.434 e. The van der Waals surface area contributed by atoms with Gasteiger partial charge >= 0.3 is 6.18 Å². The van der Waals surface area contributed by atoms with Crippen LogP contribution in [0, 0.1) is 0 Å². The molecule has 0 aliphatic carbocycles. The number of ether oxygens (including phenoxy) is 2. The van der Waals surface area contributed by atoms with E-state index in [0.29, 0.717) is 12.8 Å². The van der Waals surface area contributed by atoms with Gasteiger partial charge in [-0.1, -0.05) is 26.7 Å². The molecule has 1 rings (SSSR count). The fraction of sp³-hybridized carbons (Fsp3) is 0.600. The first-order valence-electron chi connectivity index (χ1n) is 7.40. The monoisotopic (exact) mass is 334 g/mol. The number of nitrogens with zero attached hydrogens (tertiary/aromatic N) is 1. The molecule has 23 heavy (non-hydrogen) atoms. The molecule has 130 valence electrons. The van der Waals surface area contributed by atoms with Crippen LogP contribution in [0.15, 0.2) is 6.07 Å². The number of hydrogen-bond donors (Lipinski definition) is 0. The van der Waals surface area contributed by atoms with Gasteiger partial charge in [-0.05, 0) is 12.8 Å². The molecule has 0 saturated heterocycles. The van der Waals surface area contributed by atoms with E-state index in [1.54, 1.807) is 0 Å². The number of aromatic carboxylic acids is 1. The maximum Gasteiger partial charge on any atom is 0.434 e. The highest BCUT2D eigenvalue weighted by molar-refractivity contribution is 5.91. The van der Waals surface area contributed by atoms with Crippen molar-refractivity contribution in [3.8, 4) is 11.6 Å². The van der Waals surface area contributed by atoms with E-state index in [1.165, 1.54) is 0 Å². The number of carboxylic acids is 1. The lowest BCUT2D eigenvalue weighted by Crippen LogP contribution is -2.28. The first-order valence-corrected chi connectivity index (χ1v) is 7.40. The minimum Gasteiger partial charge on any atom is -0.545 e. The average molecular weight is 334 g/mol. The van der Waals surface area contributed by atoms with E-state index in [4.69, 9.17) is 9.47 Å². The standard InChI is InChI=1S/C15H20F3NO4/c1-3-5-7-22-10-9-11(23-8-6-4-2)19-13(15(16,17)18)12(10)14(20)21/h9H,3-8H2,1-2H3,(H,20,21)/p-1. The first kappa shape index (κ1) is 19.1. The molecule has 0 N–H and O–H groups in total. The van der Waals surface area contributed by atoms with Crippen molar-refractivity contribution in [3.05, 3.63) is 17.3 Å². The van der Waals surface area contributed by atoms with Gasteiger partial charge in [0.1, 0.15) is 5.75 Å². The minimum atomic E-state index is -4.96. The van der Waals surface area contributed by atoms with Gasteiger partial charge in [-0.2, -0.15) is 13.2 Å². The summed E-state index contributed by atoms with van der Waals surface area (Å²) in [6.07, 6.45) is -2.21. The number of aromatic nitrogens is 1. The van der Waals surface area contributed by atoms with E-state index in [9.17, 15) is 23.1 Å². The molecule has 1 aromatic rings. The van der Waals surface area contributed by atoms with E-state index in [2.05, 4.69) is 4.98 Å². The number of halogens is 3. The Hall–Kier alpha value is -1.99. The van der Waals surface area contributed by atoms with Gasteiger partial charge in [0.05, 0.1) is 24.7 Å². The van der Waals surface area contributed by atoms with Crippen molar-refractivity contribution in [2.75, 3.05) is 13.2 Å². The summed E-state index contributed by atoms with van der Waals surface area (Å²) in [6.45, 7) is 4.04. The molecule has 1 aromatic heterocycles. The van der Waals surface area contributed by atoms with Gasteiger partial charge in [0.15, 0.2) is 5.69 Å². The zero-order chi connectivity index (χ0) is 17.5. The molecule has 0 bridgehead atoms. The van der Waals surface area contributed by atoms with E-state index in [1.807, 2.05) is 13.8 Å². The molecule has 0 aromatic carbocycles. The zero-order valence-corrected chi connectivity index (χ0v) is 13.0. The Bertz CT molecular complexity index is 532. The molecule has 5 nitrogen and oxygen atoms in total. The van der Waals surface area contributed by atoms with Crippen LogP contribution < -0.4 is 14.6 Å². The Labute approximate surface area is 132 Å². The number of carbonyl (C=O) groups excluding carboxylic acids is 1. The van der Waals surface area contributed by atoms with Gasteiger partial charge in [0.25, 0.3) is 0 Å². The van der Waals surface area contributed by atoms with Gasteiger partial charge in [0, 0.05) is 6.07 Å². The summed E-state index contributed by atoms with van der Waals surface area (Å²) in [7, 11) is 0. The number of rotatable bonds is 9. The largest absolute Gasteiger partial charge is 0.545 e. The Kier molecular flexibility index (Phi) is 7.12. The molecular weight excluding hydrogens is 315 g/mol. The Morgan fingerprint density at radius 2 is 1.74 bits per heavy atom. The molecule has 0 amide bonds. The second-order valence-electron chi connectivity index (χ2n) is 4.87. The summed E-state index contributed by atoms with van der Waals surface area (Å²) < 4.78 is 49.6. The molecule has 0 saturated carbocycles. The molecule has 0 aliphatic heterocycles. The third-order valence-corrected chi connectivity index (χ3v) is 2.94. The van der Waals surface area contributed by atoms with Crippen LogP contribution in [0.3, 0.4) is 0 Å². The highest BCUT2D eigenvalue weighted by atomic mass is 19.4. The van der Waals surface area contributed by atoms with Crippen molar-refractivity contribution in [2.45, 2.75) is 45.7 Å². The molecule has 0 spiro atoms. The summed E-state index contributed by atoms with van der Waals surface area (Å²) in [5.74, 6) is -2.74. The molecule has 0 radical (unpaired) electrons. The third kappa shape index (κ3) is 5.61. The van der Waals surface area contributed by atoms with Crippen molar-refractivity contribution in [3.63, 3.8) is 0 Å². The lowest BCUT2D eigenvalue weighted by atomic mass is 10.1. The molecular formula is C15H19F3NO4-. The number of carbonyl (C=O) groups is 1. The molecule has 8 heteroatoms. The van der Waals surface area contributed by atoms with Crippen LogP contribution in [0.5, 0.6) is 11.6 Å². The van der Waals surface area contributed by atoms with Crippen molar-refractivity contribution < 1.29 is 32.5 Å². The van der Waals surface area contributed by atoms with Crippen molar-refractivity contribution >= 4 is 5.97 Å². The highest BCUT2D eigenvalue weighted by Crippen LogP contribution is 2.36. The van der Waals surface area contributed by atoms with Crippen molar-refractivity contribution in [2.24, 2.45) is 0 Å². The van der Waals surface area contributed by atoms with E-state index < -0.39 is 29.2 Å². The lowest BCUT2D eigenvalue weighted by Gasteiger charge is -2.19. The number of hydrogen-bond acceptors (Lipinski definition) is 5. The van der Waals surface area contributed by atoms with Gasteiger partial charge < -0.3 is 19.4 Å². The van der Waals surface area contributed by atoms with E-state index in [0.717, 1.165) is 18.9 Å². The summed E-state index contributed by atoms with van der Waals surface area (Å²) in [5.41, 5.74) is -2.67. The van der Waals surface area contributed by atoms with Crippen LogP contribution in [0.4, 0.5) is 13.2 Å². The quantitative estimate of drug-likeness (QED) is 0.649. The van der Waals surface area contributed by atoms with Crippen LogP contribution >= 0.6 is 0 Å². The van der Waals surface area contributed by atoms with Crippen molar-refractivity contribution in [1.29, 1.82) is 0 Å². The lowest BCUT2D eigenvalue weighted by molar-refractivity contribution is -0.256. The van der Waals surface area contributed by atoms with Crippen LogP contribution in [0.1, 0.15) is 55.6 Å². The number of carboxylic acid groups (broad SMARTS) is 1. The third-order valence-electron chi connectivity index (χ3n) is 2.94. The van der Waals surface area contributed by atoms with E-state index >= 15 is 0 Å². The summed E-state index contributed by atoms with van der Waals surface area (Å²) in [5, 5.41) is 11.1. The zero-order valence-electron chi connectivity index (χ0n) is 13.0. The molecule has 0 aliphatic rings. The maximum absolute atomic E-state index is 13.1. The topological polar surface area (TPSA) is 71.5 Å². The Balaban J connectivity index is 3.25. The van der Waals surface area contributed by atoms with Gasteiger partial charge in [-0.25, -0.2) is 4.98 Å². The molecule has 0 fully saturated rings. The van der Waals surface area contributed by atoms with Crippen LogP contribution in [-0.2, 0) is 6.18 Å². The summed E-state index contributed by atoms with van der Waals surface area (Å²) in [6, 6.07) is 1.06. The average Bonchev–Trinajstić information content (AvgIpc) is 2.46. The number of pyridine rings is 1. The number of unbranched alkanes of at least 4 members (excludes halogenated alkanes) is 2. The van der Waals surface area contributed by atoms with Crippen LogP contribution in [0.25, 0.3) is 0 Å². The molecule has 0 atom stereocenters. The summed E-state index contributed by atoms with van der Waals surface area (Å²) in [4.78, 5) is 14.4. The Morgan fingerprint density at radius 3 is 2.22 bits per heavy atom. The summed E-state index contributed by atoms with van der Waals surface area (Å²) >= 11 is 0. The first-order chi connectivity index (χ1) is 10.8. The van der Waals surface area contributed by atoms with E-state index in [-0.39, 0.29) is 19.1 Å². The van der Waals surface area contributed by atoms with Crippen LogP contribution in [-0.4, -0.2) is 24.2 Å². The fourth-order valence-corrected chi connectivity index (χ4v) is 1.74. The fourth-order valence-electron chi connectivity index (χ4n) is 1.74. The SMILES string of the molecule is CCCCOc1cc(OCCCC)c(C(=O)[O-])c(C(F)(F)F)n1.